The van der Waals surface area contributed by atoms with Crippen molar-refractivity contribution in [3.63, 3.8) is 0 Å². The predicted octanol–water partition coefficient (Wildman–Crippen LogP) is 3.00. The Morgan fingerprint density at radius 2 is 2.00 bits per heavy atom. The molecule has 0 spiro atoms. The summed E-state index contributed by atoms with van der Waals surface area (Å²) in [6, 6.07) is 8.77. The summed E-state index contributed by atoms with van der Waals surface area (Å²) in [6.45, 7) is 0. The zero-order valence-corrected chi connectivity index (χ0v) is 6.88. The van der Waals surface area contributed by atoms with Gasteiger partial charge in [-0.1, -0.05) is 28.9 Å². The fourth-order valence-corrected chi connectivity index (χ4v) is 1.07. The molecule has 0 aliphatic carbocycles. The van der Waals surface area contributed by atoms with E-state index in [1.54, 1.807) is 18.2 Å². The van der Waals surface area contributed by atoms with E-state index in [1.807, 2.05) is 12.1 Å². The van der Waals surface area contributed by atoms with Gasteiger partial charge in [-0.15, -0.1) is 0 Å². The number of halogens is 1. The van der Waals surface area contributed by atoms with Crippen LogP contribution in [0.15, 0.2) is 41.1 Å². The molecule has 0 bridgehead atoms. The molecule has 2 nitrogen and oxygen atoms in total. The van der Waals surface area contributed by atoms with Crippen molar-refractivity contribution in [3.05, 3.63) is 41.6 Å². The number of hydrogen-bond acceptors (Lipinski definition) is 2. The lowest BCUT2D eigenvalue weighted by molar-refractivity contribution is 0.422. The third-order valence-corrected chi connectivity index (χ3v) is 1.78. The second kappa shape index (κ2) is 2.99. The maximum absolute atomic E-state index is 7.15. The van der Waals surface area contributed by atoms with E-state index in [2.05, 4.69) is 9.68 Å². The summed E-state index contributed by atoms with van der Waals surface area (Å²) >= 11 is 5.72. The summed E-state index contributed by atoms with van der Waals surface area (Å²) in [7, 11) is 0. The Morgan fingerprint density at radius 3 is 2.58 bits per heavy atom. The summed E-state index contributed by atoms with van der Waals surface area (Å²) in [4.78, 5) is 0. The van der Waals surface area contributed by atoms with Crippen molar-refractivity contribution in [3.8, 4) is 11.3 Å². The molecule has 2 aromatic rings. The second-order valence-electron chi connectivity index (χ2n) is 2.34. The van der Waals surface area contributed by atoms with Gasteiger partial charge in [0.15, 0.2) is 0 Å². The first-order chi connectivity index (χ1) is 6.25. The molecule has 0 radical (unpaired) electrons. The topological polar surface area (TPSA) is 26.0 Å². The monoisotopic (exact) mass is 180 g/mol. The Hall–Kier alpha value is -1.28. The molecule has 3 heteroatoms. The van der Waals surface area contributed by atoms with Crippen molar-refractivity contribution < 1.29 is 5.89 Å². The smallest absolute Gasteiger partial charge is 0.124 e. The standard InChI is InChI=1S/C9H6ClNO/c10-8-3-1-7(2-4-8)9-5-6-12-11-9/h1-6H/i6D. The highest BCUT2D eigenvalue weighted by Crippen LogP contribution is 2.18. The maximum Gasteiger partial charge on any atom is 0.124 e. The average Bonchev–Trinajstić information content (AvgIpc) is 2.53. The fourth-order valence-electron chi connectivity index (χ4n) is 0.941. The van der Waals surface area contributed by atoms with E-state index in [9.17, 15) is 0 Å². The highest BCUT2D eigenvalue weighted by atomic mass is 35.5. The van der Waals surface area contributed by atoms with E-state index in [-0.39, 0.29) is 6.24 Å². The Bertz CT molecular complexity index is 410. The molecule has 0 fully saturated rings. The molecule has 1 heterocycles. The van der Waals surface area contributed by atoms with E-state index in [4.69, 9.17) is 13.0 Å². The van der Waals surface area contributed by atoms with Gasteiger partial charge < -0.3 is 4.52 Å². The van der Waals surface area contributed by atoms with Crippen LogP contribution in [-0.4, -0.2) is 5.16 Å². The number of rotatable bonds is 1. The van der Waals surface area contributed by atoms with Crippen molar-refractivity contribution in [1.29, 1.82) is 0 Å². The minimum absolute atomic E-state index is 0.0601. The molecular formula is C9H6ClNO. The molecule has 0 aliphatic rings. The molecule has 0 saturated carbocycles. The second-order valence-corrected chi connectivity index (χ2v) is 2.77. The van der Waals surface area contributed by atoms with Gasteiger partial charge in [-0.05, 0) is 12.1 Å². The van der Waals surface area contributed by atoms with Crippen LogP contribution in [0.5, 0.6) is 0 Å². The summed E-state index contributed by atoms with van der Waals surface area (Å²) in [5, 5.41) is 4.39. The zero-order chi connectivity index (χ0) is 9.26. The average molecular weight is 181 g/mol. The molecule has 1 aromatic carbocycles. The molecule has 60 valence electrons. The van der Waals surface area contributed by atoms with E-state index in [1.165, 1.54) is 0 Å². The van der Waals surface area contributed by atoms with Gasteiger partial charge in [0, 0.05) is 16.7 Å². The molecule has 1 aromatic heterocycles. The van der Waals surface area contributed by atoms with Crippen LogP contribution >= 0.6 is 11.6 Å². The first-order valence-corrected chi connectivity index (χ1v) is 3.83. The van der Waals surface area contributed by atoms with Crippen LogP contribution in [0.4, 0.5) is 0 Å². The van der Waals surface area contributed by atoms with E-state index in [0.717, 1.165) is 5.56 Å². The molecule has 0 N–H and O–H groups in total. The molecule has 0 aliphatic heterocycles. The van der Waals surface area contributed by atoms with Gasteiger partial charge in [-0.25, -0.2) is 0 Å². The first-order valence-electron chi connectivity index (χ1n) is 3.95. The largest absolute Gasteiger partial charge is 0.364 e. The fraction of sp³-hybridized carbons (Fsp3) is 0. The number of hydrogen-bond donors (Lipinski definition) is 0. The van der Waals surface area contributed by atoms with Crippen molar-refractivity contribution >= 4 is 11.6 Å². The molecular weight excluding hydrogens is 174 g/mol. The SMILES string of the molecule is [2H]c1cc(-c2ccc(Cl)cc2)no1. The zero-order valence-electron chi connectivity index (χ0n) is 7.12. The third kappa shape index (κ3) is 1.34. The normalized spacial score (nSPS) is 11.2. The van der Waals surface area contributed by atoms with Crippen molar-refractivity contribution in [1.82, 2.24) is 5.16 Å². The van der Waals surface area contributed by atoms with Crippen LogP contribution in [0, 0.1) is 0 Å². The lowest BCUT2D eigenvalue weighted by Crippen LogP contribution is -1.74. The Labute approximate surface area is 76.2 Å². The van der Waals surface area contributed by atoms with Gasteiger partial charge >= 0.3 is 0 Å². The number of benzene rings is 1. The molecule has 0 atom stereocenters. The van der Waals surface area contributed by atoms with Crippen LogP contribution in [0.25, 0.3) is 11.3 Å². The first kappa shape index (κ1) is 6.26. The van der Waals surface area contributed by atoms with E-state index in [0.29, 0.717) is 10.7 Å². The third-order valence-electron chi connectivity index (χ3n) is 1.53. The quantitative estimate of drug-likeness (QED) is 0.674. The lowest BCUT2D eigenvalue weighted by Gasteiger charge is -1.93. The maximum atomic E-state index is 7.15. The van der Waals surface area contributed by atoms with Crippen molar-refractivity contribution in [2.45, 2.75) is 0 Å². The lowest BCUT2D eigenvalue weighted by atomic mass is 10.2. The minimum atomic E-state index is 0.0601. The van der Waals surface area contributed by atoms with Gasteiger partial charge in [-0.3, -0.25) is 0 Å². The van der Waals surface area contributed by atoms with Crippen molar-refractivity contribution in [2.24, 2.45) is 0 Å². The number of aromatic nitrogens is 1. The van der Waals surface area contributed by atoms with E-state index < -0.39 is 0 Å². The predicted molar refractivity (Wildman–Crippen MR) is 46.9 cm³/mol. The Balaban J connectivity index is 2.41. The summed E-state index contributed by atoms with van der Waals surface area (Å²) < 4.78 is 11.8. The summed E-state index contributed by atoms with van der Waals surface area (Å²) in [6.07, 6.45) is 0.0601. The number of nitrogens with zero attached hydrogens (tertiary/aromatic N) is 1. The molecule has 0 saturated heterocycles. The van der Waals surface area contributed by atoms with Crippen LogP contribution in [-0.2, 0) is 0 Å². The summed E-state index contributed by atoms with van der Waals surface area (Å²) in [5.41, 5.74) is 1.55. The highest BCUT2D eigenvalue weighted by Gasteiger charge is 1.98. The van der Waals surface area contributed by atoms with Gasteiger partial charge in [-0.2, -0.15) is 0 Å². The van der Waals surface area contributed by atoms with Gasteiger partial charge in [0.25, 0.3) is 0 Å². The Kier molecular flexibility index (Phi) is 1.56. The Morgan fingerprint density at radius 1 is 1.25 bits per heavy atom. The molecule has 0 unspecified atom stereocenters. The van der Waals surface area contributed by atoms with Gasteiger partial charge in [0.05, 0.1) is 0 Å². The van der Waals surface area contributed by atoms with E-state index >= 15 is 0 Å². The summed E-state index contributed by atoms with van der Waals surface area (Å²) in [5.74, 6) is 0. The molecule has 2 rings (SSSR count). The van der Waals surface area contributed by atoms with Gasteiger partial charge in [0.2, 0.25) is 0 Å². The van der Waals surface area contributed by atoms with Gasteiger partial charge in [0.1, 0.15) is 13.3 Å². The minimum Gasteiger partial charge on any atom is -0.364 e. The van der Waals surface area contributed by atoms with Crippen LogP contribution in [0.3, 0.4) is 0 Å². The van der Waals surface area contributed by atoms with Crippen LogP contribution < -0.4 is 0 Å². The highest BCUT2D eigenvalue weighted by molar-refractivity contribution is 6.30. The molecule has 0 amide bonds. The molecule has 12 heavy (non-hydrogen) atoms. The van der Waals surface area contributed by atoms with Crippen molar-refractivity contribution in [2.75, 3.05) is 0 Å². The van der Waals surface area contributed by atoms with Crippen LogP contribution in [0.2, 0.25) is 5.02 Å². The van der Waals surface area contributed by atoms with Crippen LogP contribution in [0.1, 0.15) is 1.37 Å².